The third-order valence-electron chi connectivity index (χ3n) is 2.60. The van der Waals surface area contributed by atoms with Crippen molar-refractivity contribution >= 4 is 0 Å². The first-order valence-electron chi connectivity index (χ1n) is 5.76. The number of hydrogen-bond donors (Lipinski definition) is 1. The largest absolute Gasteiger partial charge is 0.382 e. The smallest absolute Gasteiger partial charge is 0.285 e. The van der Waals surface area contributed by atoms with Crippen molar-refractivity contribution in [2.24, 2.45) is 0 Å². The Hall–Kier alpha value is -1.04. The van der Waals surface area contributed by atoms with Crippen molar-refractivity contribution < 1.29 is 18.3 Å². The number of methoxy groups -OCH3 is 2. The van der Waals surface area contributed by atoms with Gasteiger partial charge in [0.25, 0.3) is 5.92 Å². The number of rotatable bonds is 8. The fraction of sp³-hybridized carbons (Fsp3) is 0.538. The van der Waals surface area contributed by atoms with Gasteiger partial charge >= 0.3 is 0 Å². The molecule has 1 N–H and O–H groups in total. The molecule has 0 aliphatic rings. The van der Waals surface area contributed by atoms with Crippen molar-refractivity contribution in [1.29, 1.82) is 0 Å². The Bertz CT molecular complexity index is 333. The van der Waals surface area contributed by atoms with Crippen molar-refractivity contribution in [1.82, 2.24) is 5.32 Å². The van der Waals surface area contributed by atoms with Crippen LogP contribution < -0.4 is 5.32 Å². The summed E-state index contributed by atoms with van der Waals surface area (Å²) < 4.78 is 37.5. The van der Waals surface area contributed by atoms with Crippen molar-refractivity contribution in [3.8, 4) is 0 Å². The summed E-state index contributed by atoms with van der Waals surface area (Å²) in [7, 11) is 3.07. The van der Waals surface area contributed by atoms with Crippen LogP contribution in [0.4, 0.5) is 8.78 Å². The van der Waals surface area contributed by atoms with Crippen LogP contribution in [-0.4, -0.2) is 40.0 Å². The molecule has 3 nitrogen and oxygen atoms in total. The highest BCUT2D eigenvalue weighted by Gasteiger charge is 2.30. The predicted molar refractivity (Wildman–Crippen MR) is 65.9 cm³/mol. The van der Waals surface area contributed by atoms with Crippen LogP contribution in [-0.2, 0) is 15.4 Å². The van der Waals surface area contributed by atoms with E-state index in [0.29, 0.717) is 13.2 Å². The molecule has 0 saturated carbocycles. The molecular formula is C13H19F2NO2. The second kappa shape index (κ2) is 7.41. The maximum atomic E-state index is 13.8. The van der Waals surface area contributed by atoms with E-state index in [1.807, 2.05) is 0 Å². The normalized spacial score (nSPS) is 13.6. The SMILES string of the molecule is COCC(CNCC(F)(F)c1ccccc1)OC. The molecule has 1 aromatic carbocycles. The fourth-order valence-corrected chi connectivity index (χ4v) is 1.57. The molecule has 0 bridgehead atoms. The van der Waals surface area contributed by atoms with Crippen LogP contribution in [0.25, 0.3) is 0 Å². The fourth-order valence-electron chi connectivity index (χ4n) is 1.57. The molecule has 1 atom stereocenters. The van der Waals surface area contributed by atoms with Crippen molar-refractivity contribution in [3.63, 3.8) is 0 Å². The lowest BCUT2D eigenvalue weighted by atomic mass is 10.1. The van der Waals surface area contributed by atoms with E-state index in [1.165, 1.54) is 19.2 Å². The highest BCUT2D eigenvalue weighted by atomic mass is 19.3. The van der Waals surface area contributed by atoms with Gasteiger partial charge < -0.3 is 14.8 Å². The van der Waals surface area contributed by atoms with E-state index in [9.17, 15) is 8.78 Å². The lowest BCUT2D eigenvalue weighted by Crippen LogP contribution is -2.38. The lowest BCUT2D eigenvalue weighted by Gasteiger charge is -2.20. The Morgan fingerprint density at radius 1 is 1.22 bits per heavy atom. The highest BCUT2D eigenvalue weighted by Crippen LogP contribution is 2.26. The summed E-state index contributed by atoms with van der Waals surface area (Å²) >= 11 is 0. The third-order valence-corrected chi connectivity index (χ3v) is 2.60. The Balaban J connectivity index is 2.42. The van der Waals surface area contributed by atoms with Gasteiger partial charge in [0.2, 0.25) is 0 Å². The molecule has 0 fully saturated rings. The Kier molecular flexibility index (Phi) is 6.18. The average Bonchev–Trinajstić information content (AvgIpc) is 2.38. The zero-order valence-electron chi connectivity index (χ0n) is 10.7. The first-order chi connectivity index (χ1) is 8.60. The second-order valence-corrected chi connectivity index (χ2v) is 4.01. The quantitative estimate of drug-likeness (QED) is 0.775. The van der Waals surface area contributed by atoms with Crippen LogP contribution in [0.1, 0.15) is 5.56 Å². The standard InChI is InChI=1S/C13H19F2NO2/c1-17-9-12(18-2)8-16-10-13(14,15)11-6-4-3-5-7-11/h3-7,12,16H,8-10H2,1-2H3. The van der Waals surface area contributed by atoms with Crippen molar-refractivity contribution in [2.45, 2.75) is 12.0 Å². The monoisotopic (exact) mass is 259 g/mol. The maximum absolute atomic E-state index is 13.8. The van der Waals surface area contributed by atoms with Crippen LogP contribution in [0.5, 0.6) is 0 Å². The third kappa shape index (κ3) is 4.68. The van der Waals surface area contributed by atoms with Gasteiger partial charge in [-0.1, -0.05) is 30.3 Å². The molecule has 1 rings (SSSR count). The summed E-state index contributed by atoms with van der Waals surface area (Å²) in [5.41, 5.74) is 0.0122. The minimum atomic E-state index is -2.88. The summed E-state index contributed by atoms with van der Waals surface area (Å²) in [4.78, 5) is 0. The summed E-state index contributed by atoms with van der Waals surface area (Å²) in [5, 5.41) is 2.70. The Morgan fingerprint density at radius 2 is 1.89 bits per heavy atom. The topological polar surface area (TPSA) is 30.5 Å². The van der Waals surface area contributed by atoms with Crippen LogP contribution in [0.2, 0.25) is 0 Å². The molecule has 0 aliphatic carbocycles. The van der Waals surface area contributed by atoms with Gasteiger partial charge in [-0.25, -0.2) is 0 Å². The van der Waals surface area contributed by atoms with Gasteiger partial charge in [0.05, 0.1) is 19.3 Å². The molecule has 1 aromatic rings. The molecule has 18 heavy (non-hydrogen) atoms. The molecule has 102 valence electrons. The molecule has 0 saturated heterocycles. The predicted octanol–water partition coefficient (Wildman–Crippen LogP) is 2.03. The van der Waals surface area contributed by atoms with E-state index < -0.39 is 12.5 Å². The zero-order valence-corrected chi connectivity index (χ0v) is 10.7. The molecule has 0 aliphatic heterocycles. The van der Waals surface area contributed by atoms with E-state index in [2.05, 4.69) is 5.32 Å². The van der Waals surface area contributed by atoms with Gasteiger partial charge in [0.15, 0.2) is 0 Å². The molecule has 0 aromatic heterocycles. The van der Waals surface area contributed by atoms with Crippen LogP contribution >= 0.6 is 0 Å². The van der Waals surface area contributed by atoms with Gasteiger partial charge in [0.1, 0.15) is 0 Å². The van der Waals surface area contributed by atoms with Gasteiger partial charge in [-0.05, 0) is 0 Å². The number of nitrogens with one attached hydrogen (secondary N) is 1. The molecule has 1 unspecified atom stereocenters. The second-order valence-electron chi connectivity index (χ2n) is 4.01. The number of alkyl halides is 2. The summed E-state index contributed by atoms with van der Waals surface area (Å²) in [6.07, 6.45) is -0.221. The zero-order chi connectivity index (χ0) is 13.4. The summed E-state index contributed by atoms with van der Waals surface area (Å²) in [5.74, 6) is -2.88. The first-order valence-corrected chi connectivity index (χ1v) is 5.76. The number of benzene rings is 1. The lowest BCUT2D eigenvalue weighted by molar-refractivity contribution is -0.0128. The molecule has 0 heterocycles. The number of halogens is 2. The van der Waals surface area contributed by atoms with E-state index in [1.54, 1.807) is 25.3 Å². The molecular weight excluding hydrogens is 240 g/mol. The van der Waals surface area contributed by atoms with E-state index in [4.69, 9.17) is 9.47 Å². The van der Waals surface area contributed by atoms with E-state index >= 15 is 0 Å². The minimum Gasteiger partial charge on any atom is -0.382 e. The average molecular weight is 259 g/mol. The molecule has 0 amide bonds. The van der Waals surface area contributed by atoms with Gasteiger partial charge in [0, 0.05) is 26.3 Å². The molecule has 0 spiro atoms. The highest BCUT2D eigenvalue weighted by molar-refractivity contribution is 5.20. The van der Waals surface area contributed by atoms with Gasteiger partial charge in [-0.15, -0.1) is 0 Å². The van der Waals surface area contributed by atoms with Crippen LogP contribution in [0, 0.1) is 0 Å². The van der Waals surface area contributed by atoms with Crippen LogP contribution in [0.3, 0.4) is 0 Å². The number of ether oxygens (including phenoxy) is 2. The summed E-state index contributed by atoms with van der Waals surface area (Å²) in [6.45, 7) is 0.285. The number of hydrogen-bond acceptors (Lipinski definition) is 3. The minimum absolute atomic E-state index is 0.0122. The van der Waals surface area contributed by atoms with Crippen LogP contribution in [0.15, 0.2) is 30.3 Å². The molecule has 0 radical (unpaired) electrons. The Morgan fingerprint density at radius 3 is 2.44 bits per heavy atom. The van der Waals surface area contributed by atoms with Gasteiger partial charge in [-0.2, -0.15) is 8.78 Å². The Labute approximate surface area is 106 Å². The molecule has 5 heteroatoms. The summed E-state index contributed by atoms with van der Waals surface area (Å²) in [6, 6.07) is 7.76. The van der Waals surface area contributed by atoms with E-state index in [-0.39, 0.29) is 11.7 Å². The van der Waals surface area contributed by atoms with Crippen molar-refractivity contribution in [2.75, 3.05) is 33.9 Å². The van der Waals surface area contributed by atoms with Crippen molar-refractivity contribution in [3.05, 3.63) is 35.9 Å². The van der Waals surface area contributed by atoms with Gasteiger partial charge in [-0.3, -0.25) is 0 Å². The van der Waals surface area contributed by atoms with E-state index in [0.717, 1.165) is 0 Å². The maximum Gasteiger partial charge on any atom is 0.285 e. The first kappa shape index (κ1) is 15.0.